The molecule has 0 fully saturated rings. The van der Waals surface area contributed by atoms with Crippen molar-refractivity contribution in [2.24, 2.45) is 0 Å². The topological polar surface area (TPSA) is 92.2 Å². The molecule has 0 atom stereocenters. The number of carboxylic acid groups (broad SMARTS) is 1. The fourth-order valence-electron chi connectivity index (χ4n) is 1.40. The van der Waals surface area contributed by atoms with Crippen molar-refractivity contribution in [3.05, 3.63) is 29.7 Å². The number of rotatable bonds is 6. The molecule has 0 aromatic carbocycles. The molecular weight excluding hydrogens is 266 g/mol. The molecule has 19 heavy (non-hydrogen) atoms. The Labute approximate surface area is 115 Å². The highest BCUT2D eigenvalue weighted by atomic mass is 32.2. The van der Waals surface area contributed by atoms with E-state index >= 15 is 0 Å². The molecule has 0 spiro atoms. The van der Waals surface area contributed by atoms with Crippen LogP contribution in [0.3, 0.4) is 0 Å². The van der Waals surface area contributed by atoms with Gasteiger partial charge in [-0.25, -0.2) is 14.8 Å². The zero-order valence-electron chi connectivity index (χ0n) is 10.8. The first-order valence-electron chi connectivity index (χ1n) is 5.54. The molecule has 0 aliphatic carbocycles. The predicted molar refractivity (Wildman–Crippen MR) is 72.4 cm³/mol. The molecule has 102 valence electrons. The number of hydrogen-bond donors (Lipinski definition) is 2. The van der Waals surface area contributed by atoms with Crippen LogP contribution in [0, 0.1) is 13.8 Å². The van der Waals surface area contributed by atoms with E-state index in [9.17, 15) is 9.59 Å². The second-order valence-corrected chi connectivity index (χ2v) is 4.69. The number of nitrogens with one attached hydrogen (secondary N) is 1. The molecule has 1 amide bonds. The van der Waals surface area contributed by atoms with Gasteiger partial charge in [-0.2, -0.15) is 0 Å². The highest BCUT2D eigenvalue weighted by Gasteiger charge is 2.18. The van der Waals surface area contributed by atoms with Crippen LogP contribution in [-0.4, -0.2) is 39.2 Å². The van der Waals surface area contributed by atoms with Crippen molar-refractivity contribution in [2.75, 3.05) is 12.3 Å². The fraction of sp³-hybridized carbons (Fsp3) is 0.333. The van der Waals surface area contributed by atoms with Gasteiger partial charge in [0.05, 0.1) is 11.4 Å². The van der Waals surface area contributed by atoms with Crippen LogP contribution in [0.15, 0.2) is 17.7 Å². The third-order valence-electron chi connectivity index (χ3n) is 2.17. The van der Waals surface area contributed by atoms with Gasteiger partial charge < -0.3 is 10.4 Å². The molecule has 6 nitrogen and oxygen atoms in total. The van der Waals surface area contributed by atoms with E-state index < -0.39 is 5.97 Å². The zero-order chi connectivity index (χ0) is 14.4. The van der Waals surface area contributed by atoms with Crippen LogP contribution < -0.4 is 5.32 Å². The Morgan fingerprint density at radius 2 is 2.11 bits per heavy atom. The Bertz CT molecular complexity index is 517. The molecule has 2 N–H and O–H groups in total. The molecule has 0 saturated carbocycles. The predicted octanol–water partition coefficient (Wildman–Crippen LogP) is 1.19. The summed E-state index contributed by atoms with van der Waals surface area (Å²) in [5, 5.41) is 12.1. The van der Waals surface area contributed by atoms with Gasteiger partial charge in [-0.05, 0) is 13.8 Å². The van der Waals surface area contributed by atoms with Gasteiger partial charge in [0.1, 0.15) is 16.4 Å². The Morgan fingerprint density at radius 1 is 1.42 bits per heavy atom. The van der Waals surface area contributed by atoms with E-state index in [0.717, 1.165) is 11.8 Å². The monoisotopic (exact) mass is 281 g/mol. The maximum absolute atomic E-state index is 11.5. The lowest BCUT2D eigenvalue weighted by Gasteiger charge is -2.08. The van der Waals surface area contributed by atoms with Crippen LogP contribution in [0.25, 0.3) is 0 Å². The van der Waals surface area contributed by atoms with Gasteiger partial charge in [0.2, 0.25) is 5.91 Å². The second kappa shape index (κ2) is 6.89. The third kappa shape index (κ3) is 4.36. The van der Waals surface area contributed by atoms with Gasteiger partial charge >= 0.3 is 5.97 Å². The number of hydrogen-bond acceptors (Lipinski definition) is 5. The van der Waals surface area contributed by atoms with Crippen LogP contribution in [0.5, 0.6) is 0 Å². The van der Waals surface area contributed by atoms with Crippen molar-refractivity contribution in [3.8, 4) is 0 Å². The normalized spacial score (nSPS) is 10.0. The second-order valence-electron chi connectivity index (χ2n) is 3.72. The van der Waals surface area contributed by atoms with Gasteiger partial charge in [0.25, 0.3) is 0 Å². The average molecular weight is 281 g/mol. The molecule has 0 saturated heterocycles. The summed E-state index contributed by atoms with van der Waals surface area (Å²) in [6.45, 7) is 7.17. The van der Waals surface area contributed by atoms with E-state index in [-0.39, 0.29) is 17.2 Å². The number of aromatic nitrogens is 2. The van der Waals surface area contributed by atoms with Crippen LogP contribution >= 0.6 is 11.8 Å². The lowest BCUT2D eigenvalue weighted by atomic mass is 10.2. The van der Waals surface area contributed by atoms with Gasteiger partial charge in [-0.15, -0.1) is 6.58 Å². The molecule has 1 heterocycles. The van der Waals surface area contributed by atoms with E-state index in [1.165, 1.54) is 0 Å². The first kappa shape index (κ1) is 15.2. The van der Waals surface area contributed by atoms with E-state index in [1.54, 1.807) is 19.9 Å². The molecule has 0 radical (unpaired) electrons. The molecule has 0 unspecified atom stereocenters. The molecule has 1 aromatic rings. The molecule has 1 aromatic heterocycles. The highest BCUT2D eigenvalue weighted by molar-refractivity contribution is 8.00. The van der Waals surface area contributed by atoms with Gasteiger partial charge in [-0.3, -0.25) is 4.79 Å². The summed E-state index contributed by atoms with van der Waals surface area (Å²) in [4.78, 5) is 30.7. The van der Waals surface area contributed by atoms with Crippen molar-refractivity contribution >= 4 is 23.6 Å². The van der Waals surface area contributed by atoms with Gasteiger partial charge in [0, 0.05) is 6.54 Å². The molecule has 1 rings (SSSR count). The van der Waals surface area contributed by atoms with Gasteiger partial charge in [0.15, 0.2) is 0 Å². The Kier molecular flexibility index (Phi) is 5.50. The van der Waals surface area contributed by atoms with Crippen LogP contribution in [0.1, 0.15) is 21.9 Å². The lowest BCUT2D eigenvalue weighted by Crippen LogP contribution is -2.25. The first-order chi connectivity index (χ1) is 8.95. The molecular formula is C12H15N3O3S. The molecule has 0 bridgehead atoms. The summed E-state index contributed by atoms with van der Waals surface area (Å²) in [6.07, 6.45) is 1.57. The largest absolute Gasteiger partial charge is 0.478 e. The minimum atomic E-state index is -1.09. The summed E-state index contributed by atoms with van der Waals surface area (Å²) in [6, 6.07) is 0. The average Bonchev–Trinajstić information content (AvgIpc) is 2.32. The summed E-state index contributed by atoms with van der Waals surface area (Å²) in [5.74, 6) is -0.706. The zero-order valence-corrected chi connectivity index (χ0v) is 11.6. The maximum Gasteiger partial charge on any atom is 0.340 e. The number of thioether (sulfide) groups is 1. The number of aromatic carboxylic acids is 1. The summed E-state index contributed by atoms with van der Waals surface area (Å²) < 4.78 is 0. The van der Waals surface area contributed by atoms with Crippen molar-refractivity contribution in [1.82, 2.24) is 15.3 Å². The maximum atomic E-state index is 11.5. The summed E-state index contributed by atoms with van der Waals surface area (Å²) >= 11 is 1.08. The van der Waals surface area contributed by atoms with Gasteiger partial charge in [-0.1, -0.05) is 17.8 Å². The van der Waals surface area contributed by atoms with Crippen molar-refractivity contribution < 1.29 is 14.7 Å². The Hall–Kier alpha value is -1.89. The van der Waals surface area contributed by atoms with E-state index in [1.807, 2.05) is 0 Å². The third-order valence-corrected chi connectivity index (χ3v) is 3.14. The number of aryl methyl sites for hydroxylation is 2. The van der Waals surface area contributed by atoms with Crippen molar-refractivity contribution in [2.45, 2.75) is 18.9 Å². The number of nitrogens with zero attached hydrogens (tertiary/aromatic N) is 2. The van der Waals surface area contributed by atoms with E-state index in [4.69, 9.17) is 5.11 Å². The number of carbonyl (C=O) groups excluding carboxylic acids is 1. The van der Waals surface area contributed by atoms with Crippen molar-refractivity contribution in [3.63, 3.8) is 0 Å². The Balaban J connectivity index is 2.85. The lowest BCUT2D eigenvalue weighted by molar-refractivity contribution is -0.118. The standard InChI is InChI=1S/C12H15N3O3S/c1-4-5-13-9(16)6-19-11-10(12(17)18)7(2)14-8(3)15-11/h4H,1,5-6H2,2-3H3,(H,13,16)(H,17,18). The SMILES string of the molecule is C=CCNC(=O)CSc1nc(C)nc(C)c1C(=O)O. The molecule has 0 aliphatic heterocycles. The minimum Gasteiger partial charge on any atom is -0.478 e. The van der Waals surface area contributed by atoms with E-state index in [2.05, 4.69) is 21.9 Å². The van der Waals surface area contributed by atoms with Crippen LogP contribution in [0.2, 0.25) is 0 Å². The first-order valence-corrected chi connectivity index (χ1v) is 6.53. The van der Waals surface area contributed by atoms with Crippen LogP contribution in [-0.2, 0) is 4.79 Å². The van der Waals surface area contributed by atoms with Crippen LogP contribution in [0.4, 0.5) is 0 Å². The molecule has 0 aliphatic rings. The minimum absolute atomic E-state index is 0.0483. The highest BCUT2D eigenvalue weighted by Crippen LogP contribution is 2.22. The quantitative estimate of drug-likeness (QED) is 0.462. The fourth-order valence-corrected chi connectivity index (χ4v) is 2.35. The number of carboxylic acids is 1. The summed E-state index contributed by atoms with van der Waals surface area (Å²) in [5.41, 5.74) is 0.445. The number of amides is 1. The Morgan fingerprint density at radius 3 is 2.68 bits per heavy atom. The van der Waals surface area contributed by atoms with E-state index in [0.29, 0.717) is 23.1 Å². The number of carbonyl (C=O) groups is 2. The smallest absolute Gasteiger partial charge is 0.340 e. The van der Waals surface area contributed by atoms with Crippen molar-refractivity contribution in [1.29, 1.82) is 0 Å². The summed E-state index contributed by atoms with van der Waals surface area (Å²) in [7, 11) is 0. The molecule has 7 heteroatoms.